The van der Waals surface area contributed by atoms with E-state index in [1.165, 1.54) is 28.4 Å². The molecule has 0 amide bonds. The van der Waals surface area contributed by atoms with Crippen molar-refractivity contribution in [2.75, 3.05) is 71.1 Å². The molecule has 374 valence electrons. The van der Waals surface area contributed by atoms with Crippen molar-refractivity contribution in [3.63, 3.8) is 0 Å². The van der Waals surface area contributed by atoms with Crippen molar-refractivity contribution in [2.45, 2.75) is 54.9 Å². The molecule has 0 radical (unpaired) electrons. The molecule has 0 fully saturated rings. The summed E-state index contributed by atoms with van der Waals surface area (Å²) in [5, 5.41) is 38.8. The Balaban J connectivity index is 1.40. The van der Waals surface area contributed by atoms with Crippen LogP contribution >= 0.6 is 0 Å². The maximum atomic E-state index is 13.2. The van der Waals surface area contributed by atoms with Gasteiger partial charge in [0.1, 0.15) is 58.6 Å². The van der Waals surface area contributed by atoms with Crippen molar-refractivity contribution < 1.29 is 76.9 Å². The van der Waals surface area contributed by atoms with E-state index in [0.29, 0.717) is 114 Å². The SMILES string of the molecule is COc1ccc(C2Oc3c(c4c(c5c3C(c3ccc(OC)cc3OC)C(O)C(c3ccc(OC)c(OC)c3)O5)CC(O)C(c3ccc(OC)c(OC)c3)O4)C(c3ccc(OC)c(OC)c3)C2O)c(OC)c1. The second-order valence-electron chi connectivity index (χ2n) is 17.2. The second-order valence-corrected chi connectivity index (χ2v) is 17.2. The van der Waals surface area contributed by atoms with Crippen molar-refractivity contribution in [1.29, 1.82) is 0 Å². The molecular formula is C55H58O16. The minimum absolute atomic E-state index is 0.00431. The molecule has 16 heteroatoms. The van der Waals surface area contributed by atoms with Crippen LogP contribution in [0.1, 0.15) is 74.7 Å². The fraction of sp³-hybridized carbons (Fsp3) is 0.345. The zero-order valence-electron chi connectivity index (χ0n) is 41.1. The number of aliphatic hydroxyl groups is 3. The van der Waals surface area contributed by atoms with E-state index in [4.69, 9.17) is 61.6 Å². The number of hydrogen-bond donors (Lipinski definition) is 3. The van der Waals surface area contributed by atoms with Crippen LogP contribution in [0.25, 0.3) is 0 Å². The smallest absolute Gasteiger partial charge is 0.161 e. The zero-order valence-corrected chi connectivity index (χ0v) is 41.1. The third-order valence-electron chi connectivity index (χ3n) is 13.7. The molecular weight excluding hydrogens is 917 g/mol. The molecule has 0 saturated carbocycles. The fourth-order valence-electron chi connectivity index (χ4n) is 10.3. The number of hydrogen-bond acceptors (Lipinski definition) is 16. The van der Waals surface area contributed by atoms with Gasteiger partial charge in [-0.3, -0.25) is 0 Å². The first-order valence-electron chi connectivity index (χ1n) is 22.9. The van der Waals surface area contributed by atoms with E-state index in [0.717, 1.165) is 0 Å². The molecule has 0 bridgehead atoms. The Morgan fingerprint density at radius 3 is 1.28 bits per heavy atom. The molecule has 8 unspecified atom stereocenters. The summed E-state index contributed by atoms with van der Waals surface area (Å²) in [4.78, 5) is 0. The van der Waals surface area contributed by atoms with Crippen molar-refractivity contribution in [2.24, 2.45) is 0 Å². The molecule has 16 nitrogen and oxygen atoms in total. The molecule has 8 atom stereocenters. The molecule has 6 aromatic rings. The molecule has 3 aliphatic rings. The van der Waals surface area contributed by atoms with Crippen molar-refractivity contribution in [3.8, 4) is 74.7 Å². The maximum absolute atomic E-state index is 13.2. The predicted octanol–water partition coefficient (Wildman–Crippen LogP) is 8.06. The Labute approximate surface area is 411 Å². The Bertz CT molecular complexity index is 2920. The van der Waals surface area contributed by atoms with E-state index in [1.807, 2.05) is 18.2 Å². The summed E-state index contributed by atoms with van der Waals surface area (Å²) < 4.78 is 79.2. The first-order chi connectivity index (χ1) is 34.5. The normalized spacial score (nSPS) is 21.9. The van der Waals surface area contributed by atoms with Crippen LogP contribution in [-0.2, 0) is 6.42 Å². The quantitative estimate of drug-likeness (QED) is 0.0898. The lowest BCUT2D eigenvalue weighted by molar-refractivity contribution is -0.0173. The van der Waals surface area contributed by atoms with Gasteiger partial charge in [0.25, 0.3) is 0 Å². The van der Waals surface area contributed by atoms with Gasteiger partial charge in [-0.2, -0.15) is 0 Å². The highest BCUT2D eigenvalue weighted by Crippen LogP contribution is 2.63. The van der Waals surface area contributed by atoms with E-state index in [-0.39, 0.29) is 12.2 Å². The largest absolute Gasteiger partial charge is 0.497 e. The van der Waals surface area contributed by atoms with Gasteiger partial charge in [-0.05, 0) is 71.3 Å². The molecule has 3 heterocycles. The van der Waals surface area contributed by atoms with Crippen molar-refractivity contribution in [3.05, 3.63) is 136 Å². The minimum Gasteiger partial charge on any atom is -0.497 e. The van der Waals surface area contributed by atoms with Crippen LogP contribution in [0.15, 0.2) is 91.0 Å². The van der Waals surface area contributed by atoms with Crippen LogP contribution in [0.5, 0.6) is 74.7 Å². The predicted molar refractivity (Wildman–Crippen MR) is 260 cm³/mol. The number of fused-ring (bicyclic) bond motifs is 6. The lowest BCUT2D eigenvalue weighted by Gasteiger charge is -2.46. The summed E-state index contributed by atoms with van der Waals surface area (Å²) in [5.74, 6) is 3.46. The first-order valence-corrected chi connectivity index (χ1v) is 22.9. The number of ether oxygens (including phenoxy) is 13. The van der Waals surface area contributed by atoms with Crippen LogP contribution in [0.2, 0.25) is 0 Å². The highest BCUT2D eigenvalue weighted by molar-refractivity contribution is 5.72. The Kier molecular flexibility index (Phi) is 13.8. The lowest BCUT2D eigenvalue weighted by Crippen LogP contribution is -2.41. The first kappa shape index (κ1) is 48.6. The summed E-state index contributed by atoms with van der Waals surface area (Å²) in [5.41, 5.74) is 4.14. The number of aliphatic hydroxyl groups excluding tert-OH is 3. The molecule has 0 saturated heterocycles. The summed E-state index contributed by atoms with van der Waals surface area (Å²) in [6.07, 6.45) is -7.01. The highest BCUT2D eigenvalue weighted by Gasteiger charge is 2.52. The van der Waals surface area contributed by atoms with Crippen molar-refractivity contribution >= 4 is 0 Å². The van der Waals surface area contributed by atoms with E-state index >= 15 is 0 Å². The van der Waals surface area contributed by atoms with Gasteiger partial charge in [0.2, 0.25) is 0 Å². The molecule has 0 spiro atoms. The van der Waals surface area contributed by atoms with Gasteiger partial charge in [0, 0.05) is 58.2 Å². The fourth-order valence-corrected chi connectivity index (χ4v) is 10.3. The zero-order chi connectivity index (χ0) is 50.2. The van der Waals surface area contributed by atoms with Gasteiger partial charge in [0.15, 0.2) is 46.7 Å². The summed E-state index contributed by atoms with van der Waals surface area (Å²) >= 11 is 0. The van der Waals surface area contributed by atoms with E-state index in [1.54, 1.807) is 115 Å². The Morgan fingerprint density at radius 2 is 0.775 bits per heavy atom. The van der Waals surface area contributed by atoms with E-state index < -0.39 is 48.5 Å². The average Bonchev–Trinajstić information content (AvgIpc) is 3.41. The standard InChI is InChI=1S/C55H58O16/c1-59-30-14-16-32(39(24-30)64-6)45-47-53(70-51(49(45)58)29-13-20-38(63-5)43(23-29)68-10)34-26-35(56)50(28-12-19-37(62-4)42(22-28)67-9)69-52(34)46-44(27-11-18-36(61-3)41(21-27)66-8)48(57)54(71-55(46)47)33-17-15-31(60-2)25-40(33)65-7/h11-25,35,44-45,48-51,54,56-58H,26H2,1-10H3. The van der Waals surface area contributed by atoms with Gasteiger partial charge in [-0.25, -0.2) is 0 Å². The summed E-state index contributed by atoms with van der Waals surface area (Å²) in [7, 11) is 15.4. The third kappa shape index (κ3) is 8.38. The van der Waals surface area contributed by atoms with Crippen LogP contribution in [0.3, 0.4) is 0 Å². The minimum atomic E-state index is -1.34. The lowest BCUT2D eigenvalue weighted by atomic mass is 9.72. The summed E-state index contributed by atoms with van der Waals surface area (Å²) in [6, 6.07) is 26.7. The van der Waals surface area contributed by atoms with Gasteiger partial charge >= 0.3 is 0 Å². The molecule has 0 aromatic heterocycles. The Hall–Kier alpha value is -7.40. The van der Waals surface area contributed by atoms with Crippen LogP contribution in [0.4, 0.5) is 0 Å². The Morgan fingerprint density at radius 1 is 0.366 bits per heavy atom. The summed E-state index contributed by atoms with van der Waals surface area (Å²) in [6.45, 7) is 0. The molecule has 3 aliphatic heterocycles. The number of benzene rings is 6. The van der Waals surface area contributed by atoms with Gasteiger partial charge in [-0.1, -0.05) is 24.3 Å². The van der Waals surface area contributed by atoms with Gasteiger partial charge in [0.05, 0.1) is 77.2 Å². The van der Waals surface area contributed by atoms with Crippen LogP contribution < -0.4 is 61.6 Å². The molecule has 3 N–H and O–H groups in total. The van der Waals surface area contributed by atoms with Crippen LogP contribution in [0, 0.1) is 0 Å². The molecule has 71 heavy (non-hydrogen) atoms. The van der Waals surface area contributed by atoms with Gasteiger partial charge < -0.3 is 76.9 Å². The average molecular weight is 975 g/mol. The van der Waals surface area contributed by atoms with Crippen LogP contribution in [-0.4, -0.2) is 105 Å². The maximum Gasteiger partial charge on any atom is 0.161 e. The topological polar surface area (TPSA) is 181 Å². The molecule has 0 aliphatic carbocycles. The third-order valence-corrected chi connectivity index (χ3v) is 13.7. The van der Waals surface area contributed by atoms with E-state index in [2.05, 4.69) is 0 Å². The van der Waals surface area contributed by atoms with Gasteiger partial charge in [-0.15, -0.1) is 0 Å². The highest BCUT2D eigenvalue weighted by atomic mass is 16.5. The molecule has 6 aromatic carbocycles. The van der Waals surface area contributed by atoms with E-state index in [9.17, 15) is 15.3 Å². The monoisotopic (exact) mass is 974 g/mol. The van der Waals surface area contributed by atoms with Crippen molar-refractivity contribution in [1.82, 2.24) is 0 Å². The molecule has 9 rings (SSSR count). The second kappa shape index (κ2) is 20.1. The number of methoxy groups -OCH3 is 10. The number of rotatable bonds is 15.